The Bertz CT molecular complexity index is 568. The molecule has 0 spiro atoms. The molecule has 0 radical (unpaired) electrons. The summed E-state index contributed by atoms with van der Waals surface area (Å²) in [5.41, 5.74) is 6.64. The molecule has 2 N–H and O–H groups in total. The molecule has 0 amide bonds. The molecule has 3 atom stereocenters. The first-order valence-electron chi connectivity index (χ1n) is 5.65. The lowest BCUT2D eigenvalue weighted by molar-refractivity contribution is 0.594. The number of halogens is 1. The van der Waals surface area contributed by atoms with Gasteiger partial charge < -0.3 is 5.73 Å². The topological polar surface area (TPSA) is 60.2 Å². The minimum atomic E-state index is -3.11. The van der Waals surface area contributed by atoms with Crippen molar-refractivity contribution in [1.29, 1.82) is 0 Å². The SMILES string of the molecule is CCS(=O)(=O)C1C(C(N)=S)C1c1ccc(Br)cc1. The Morgan fingerprint density at radius 2 is 1.94 bits per heavy atom. The van der Waals surface area contributed by atoms with E-state index in [4.69, 9.17) is 18.0 Å². The summed E-state index contributed by atoms with van der Waals surface area (Å²) in [5, 5.41) is -0.443. The molecule has 0 saturated heterocycles. The molecule has 1 aliphatic rings. The molecule has 1 aliphatic carbocycles. The van der Waals surface area contributed by atoms with Gasteiger partial charge in [0.2, 0.25) is 0 Å². The second-order valence-corrected chi connectivity index (χ2v) is 8.26. The largest absolute Gasteiger partial charge is 0.393 e. The highest BCUT2D eigenvalue weighted by atomic mass is 79.9. The van der Waals surface area contributed by atoms with Crippen LogP contribution in [0.25, 0.3) is 0 Å². The van der Waals surface area contributed by atoms with Crippen molar-refractivity contribution in [3.8, 4) is 0 Å². The fourth-order valence-electron chi connectivity index (χ4n) is 2.34. The van der Waals surface area contributed by atoms with Crippen molar-refractivity contribution in [3.63, 3.8) is 0 Å². The summed E-state index contributed by atoms with van der Waals surface area (Å²) >= 11 is 8.34. The summed E-state index contributed by atoms with van der Waals surface area (Å²) in [7, 11) is -3.11. The van der Waals surface area contributed by atoms with Crippen LogP contribution in [0.2, 0.25) is 0 Å². The Morgan fingerprint density at radius 3 is 2.39 bits per heavy atom. The van der Waals surface area contributed by atoms with Gasteiger partial charge in [0, 0.05) is 22.1 Å². The molecule has 0 aliphatic heterocycles. The van der Waals surface area contributed by atoms with Crippen LogP contribution in [-0.4, -0.2) is 24.4 Å². The lowest BCUT2D eigenvalue weighted by atomic mass is 10.1. The van der Waals surface area contributed by atoms with Gasteiger partial charge in [-0.3, -0.25) is 0 Å². The fraction of sp³-hybridized carbons (Fsp3) is 0.417. The molecule has 1 aromatic rings. The summed E-state index contributed by atoms with van der Waals surface area (Å²) < 4.78 is 25.0. The zero-order valence-corrected chi connectivity index (χ0v) is 13.1. The number of sulfone groups is 1. The van der Waals surface area contributed by atoms with Gasteiger partial charge in [-0.1, -0.05) is 47.2 Å². The smallest absolute Gasteiger partial charge is 0.154 e. The van der Waals surface area contributed by atoms with Crippen LogP contribution in [0.4, 0.5) is 0 Å². The van der Waals surface area contributed by atoms with E-state index >= 15 is 0 Å². The van der Waals surface area contributed by atoms with Crippen LogP contribution in [0.1, 0.15) is 18.4 Å². The van der Waals surface area contributed by atoms with Crippen LogP contribution in [0.15, 0.2) is 28.7 Å². The number of hydrogen-bond donors (Lipinski definition) is 1. The highest BCUT2D eigenvalue weighted by Gasteiger charge is 2.59. The second-order valence-electron chi connectivity index (χ2n) is 4.42. The quantitative estimate of drug-likeness (QED) is 0.848. The maximum absolute atomic E-state index is 12.0. The van der Waals surface area contributed by atoms with Crippen LogP contribution in [0.3, 0.4) is 0 Å². The van der Waals surface area contributed by atoms with Gasteiger partial charge in [-0.05, 0) is 17.7 Å². The second kappa shape index (κ2) is 4.90. The average Bonchev–Trinajstić information content (AvgIpc) is 3.06. The number of hydrogen-bond acceptors (Lipinski definition) is 3. The third kappa shape index (κ3) is 2.46. The molecule has 2 rings (SSSR count). The van der Waals surface area contributed by atoms with E-state index in [9.17, 15) is 8.42 Å². The molecule has 18 heavy (non-hydrogen) atoms. The van der Waals surface area contributed by atoms with Crippen molar-refractivity contribution >= 4 is 43.0 Å². The third-order valence-corrected chi connectivity index (χ3v) is 6.38. The van der Waals surface area contributed by atoms with E-state index in [0.717, 1.165) is 10.0 Å². The molecule has 0 bridgehead atoms. The van der Waals surface area contributed by atoms with Crippen LogP contribution < -0.4 is 5.73 Å². The number of benzene rings is 1. The molecule has 6 heteroatoms. The summed E-state index contributed by atoms with van der Waals surface area (Å²) in [4.78, 5) is 0.296. The molecule has 98 valence electrons. The Hall–Kier alpha value is -0.460. The summed E-state index contributed by atoms with van der Waals surface area (Å²) in [6.45, 7) is 1.66. The van der Waals surface area contributed by atoms with Gasteiger partial charge in [-0.15, -0.1) is 0 Å². The van der Waals surface area contributed by atoms with Gasteiger partial charge in [-0.25, -0.2) is 8.42 Å². The lowest BCUT2D eigenvalue weighted by Crippen LogP contribution is -2.18. The first-order valence-corrected chi connectivity index (χ1v) is 8.56. The monoisotopic (exact) mass is 347 g/mol. The highest BCUT2D eigenvalue weighted by Crippen LogP contribution is 2.52. The van der Waals surface area contributed by atoms with E-state index in [1.165, 1.54) is 0 Å². The maximum atomic E-state index is 12.0. The first-order chi connectivity index (χ1) is 8.38. The molecule has 0 heterocycles. The number of thiocarbonyl (C=S) groups is 1. The van der Waals surface area contributed by atoms with Gasteiger partial charge in [0.25, 0.3) is 0 Å². The number of nitrogens with two attached hydrogens (primary N) is 1. The zero-order valence-electron chi connectivity index (χ0n) is 9.84. The maximum Gasteiger partial charge on any atom is 0.154 e. The van der Waals surface area contributed by atoms with E-state index in [2.05, 4.69) is 15.9 Å². The van der Waals surface area contributed by atoms with Gasteiger partial charge in [-0.2, -0.15) is 0 Å². The van der Waals surface area contributed by atoms with E-state index in [1.807, 2.05) is 24.3 Å². The molecule has 3 nitrogen and oxygen atoms in total. The molecular formula is C12H14BrNO2S2. The molecule has 1 saturated carbocycles. The predicted molar refractivity (Wildman–Crippen MR) is 80.4 cm³/mol. The minimum Gasteiger partial charge on any atom is -0.393 e. The highest BCUT2D eigenvalue weighted by molar-refractivity contribution is 9.10. The van der Waals surface area contributed by atoms with Crippen molar-refractivity contribution in [1.82, 2.24) is 0 Å². The van der Waals surface area contributed by atoms with E-state index in [0.29, 0.717) is 4.99 Å². The fourth-order valence-corrected chi connectivity index (χ4v) is 4.82. The van der Waals surface area contributed by atoms with Crippen molar-refractivity contribution in [2.45, 2.75) is 18.1 Å². The summed E-state index contributed by atoms with van der Waals surface area (Å²) in [6, 6.07) is 7.65. The molecule has 0 aromatic heterocycles. The van der Waals surface area contributed by atoms with E-state index in [1.54, 1.807) is 6.92 Å². The van der Waals surface area contributed by atoms with Crippen molar-refractivity contribution in [2.24, 2.45) is 11.7 Å². The van der Waals surface area contributed by atoms with Crippen LogP contribution in [0.5, 0.6) is 0 Å². The van der Waals surface area contributed by atoms with Crippen molar-refractivity contribution in [2.75, 3.05) is 5.75 Å². The van der Waals surface area contributed by atoms with Crippen molar-refractivity contribution in [3.05, 3.63) is 34.3 Å². The van der Waals surface area contributed by atoms with E-state index < -0.39 is 15.1 Å². The number of rotatable bonds is 4. The van der Waals surface area contributed by atoms with Crippen LogP contribution in [-0.2, 0) is 9.84 Å². The zero-order chi connectivity index (χ0) is 13.5. The summed E-state index contributed by atoms with van der Waals surface area (Å²) in [6.07, 6.45) is 0. The van der Waals surface area contributed by atoms with Crippen LogP contribution >= 0.6 is 28.1 Å². The van der Waals surface area contributed by atoms with Crippen LogP contribution in [0, 0.1) is 5.92 Å². The molecule has 1 aromatic carbocycles. The third-order valence-electron chi connectivity index (χ3n) is 3.35. The van der Waals surface area contributed by atoms with Gasteiger partial charge in [0.15, 0.2) is 9.84 Å². The molecule has 3 unspecified atom stereocenters. The average molecular weight is 348 g/mol. The Morgan fingerprint density at radius 1 is 1.39 bits per heavy atom. The van der Waals surface area contributed by atoms with E-state index in [-0.39, 0.29) is 17.6 Å². The van der Waals surface area contributed by atoms with Crippen molar-refractivity contribution < 1.29 is 8.42 Å². The van der Waals surface area contributed by atoms with Gasteiger partial charge >= 0.3 is 0 Å². The predicted octanol–water partition coefficient (Wildman–Crippen LogP) is 2.25. The lowest BCUT2D eigenvalue weighted by Gasteiger charge is -2.00. The first kappa shape index (κ1) is 14.0. The Balaban J connectivity index is 2.33. The van der Waals surface area contributed by atoms with Gasteiger partial charge in [0.1, 0.15) is 0 Å². The minimum absolute atomic E-state index is 0.0828. The molecule has 1 fully saturated rings. The molecular weight excluding hydrogens is 334 g/mol. The Kier molecular flexibility index (Phi) is 3.80. The van der Waals surface area contributed by atoms with Gasteiger partial charge in [0.05, 0.1) is 10.2 Å². The standard InChI is InChI=1S/C12H14BrNO2S2/c1-2-18(15,16)11-9(10(11)12(14)17)7-3-5-8(13)6-4-7/h3-6,9-11H,2H2,1H3,(H2,14,17). The normalized spacial score (nSPS) is 26.9. The Labute approximate surface area is 121 Å². The summed E-state index contributed by atoms with van der Waals surface area (Å²) in [5.74, 6) is -0.171.